The van der Waals surface area contributed by atoms with Crippen LogP contribution in [0.1, 0.15) is 58.3 Å². The first kappa shape index (κ1) is 21.1. The SMILES string of the molecule is CON=C1CC2C3CCC(=O)C3(C)CCC2C2(CO)CCC(=NOC3CCNC3)C=C12. The average molecular weight is 430 g/mol. The summed E-state index contributed by atoms with van der Waals surface area (Å²) in [5, 5.41) is 23.0. The zero-order valence-corrected chi connectivity index (χ0v) is 18.7. The van der Waals surface area contributed by atoms with Crippen LogP contribution >= 0.6 is 0 Å². The second-order valence-corrected chi connectivity index (χ2v) is 10.4. The number of hydrogen-bond donors (Lipinski definition) is 2. The predicted octanol–water partition coefficient (Wildman–Crippen LogP) is 2.84. The lowest BCUT2D eigenvalue weighted by atomic mass is 9.46. The van der Waals surface area contributed by atoms with E-state index in [2.05, 4.69) is 28.6 Å². The molecule has 0 aromatic rings. The Hall–Kier alpha value is -1.73. The molecule has 0 spiro atoms. The van der Waals surface area contributed by atoms with Gasteiger partial charge in [0.15, 0.2) is 0 Å². The van der Waals surface area contributed by atoms with Crippen molar-refractivity contribution in [2.24, 2.45) is 38.9 Å². The van der Waals surface area contributed by atoms with E-state index in [1.165, 1.54) is 0 Å². The molecule has 7 nitrogen and oxygen atoms in total. The van der Waals surface area contributed by atoms with Gasteiger partial charge in [0.1, 0.15) is 19.0 Å². The van der Waals surface area contributed by atoms with E-state index in [0.29, 0.717) is 30.0 Å². The summed E-state index contributed by atoms with van der Waals surface area (Å²) in [5.41, 5.74) is 2.37. The van der Waals surface area contributed by atoms with E-state index in [1.807, 2.05) is 0 Å². The minimum absolute atomic E-state index is 0.0980. The Bertz CT molecular complexity index is 831. The zero-order chi connectivity index (χ0) is 21.6. The highest BCUT2D eigenvalue weighted by Gasteiger charge is 2.61. The van der Waals surface area contributed by atoms with Gasteiger partial charge >= 0.3 is 0 Å². The number of nitrogens with one attached hydrogen (secondary N) is 1. The minimum Gasteiger partial charge on any atom is -0.399 e. The summed E-state index contributed by atoms with van der Waals surface area (Å²) >= 11 is 0. The number of nitrogens with zero attached hydrogens (tertiary/aromatic N) is 2. The molecule has 0 aromatic heterocycles. The first-order valence-corrected chi connectivity index (χ1v) is 11.9. The Morgan fingerprint density at radius 3 is 2.81 bits per heavy atom. The summed E-state index contributed by atoms with van der Waals surface area (Å²) in [4.78, 5) is 23.8. The Balaban J connectivity index is 1.49. The van der Waals surface area contributed by atoms with Crippen molar-refractivity contribution in [3.63, 3.8) is 0 Å². The van der Waals surface area contributed by atoms with Crippen molar-refractivity contribution in [3.05, 3.63) is 11.6 Å². The molecule has 3 saturated carbocycles. The number of hydrogen-bond acceptors (Lipinski definition) is 7. The van der Waals surface area contributed by atoms with Gasteiger partial charge in [-0.05, 0) is 74.5 Å². The van der Waals surface area contributed by atoms with Crippen molar-refractivity contribution in [3.8, 4) is 0 Å². The van der Waals surface area contributed by atoms with E-state index in [-0.39, 0.29) is 23.5 Å². The quantitative estimate of drug-likeness (QED) is 0.671. The molecular weight excluding hydrogens is 394 g/mol. The summed E-state index contributed by atoms with van der Waals surface area (Å²) < 4.78 is 0. The summed E-state index contributed by atoms with van der Waals surface area (Å²) in [6.45, 7) is 4.09. The molecule has 1 saturated heterocycles. The maximum absolute atomic E-state index is 12.7. The van der Waals surface area contributed by atoms with Gasteiger partial charge in [-0.3, -0.25) is 4.79 Å². The van der Waals surface area contributed by atoms with Crippen molar-refractivity contribution in [1.82, 2.24) is 5.32 Å². The monoisotopic (exact) mass is 429 g/mol. The molecule has 6 unspecified atom stereocenters. The van der Waals surface area contributed by atoms with Crippen molar-refractivity contribution in [2.75, 3.05) is 26.8 Å². The van der Waals surface area contributed by atoms with Crippen LogP contribution in [0.15, 0.2) is 22.0 Å². The number of rotatable bonds is 4. The van der Waals surface area contributed by atoms with Crippen LogP contribution in [0.5, 0.6) is 0 Å². The smallest absolute Gasteiger partial charge is 0.141 e. The van der Waals surface area contributed by atoms with Gasteiger partial charge in [0.25, 0.3) is 0 Å². The van der Waals surface area contributed by atoms with E-state index in [0.717, 1.165) is 75.0 Å². The van der Waals surface area contributed by atoms with Crippen molar-refractivity contribution < 1.29 is 19.6 Å². The third-order valence-electron chi connectivity index (χ3n) is 9.09. The molecule has 4 fully saturated rings. The summed E-state index contributed by atoms with van der Waals surface area (Å²) in [5.74, 6) is 1.53. The molecule has 0 radical (unpaired) electrons. The van der Waals surface area contributed by atoms with Gasteiger partial charge in [0.2, 0.25) is 0 Å². The Morgan fingerprint density at radius 2 is 2.06 bits per heavy atom. The van der Waals surface area contributed by atoms with Gasteiger partial charge in [0, 0.05) is 30.2 Å². The number of oxime groups is 2. The lowest BCUT2D eigenvalue weighted by molar-refractivity contribution is -0.132. The van der Waals surface area contributed by atoms with Gasteiger partial charge in [0.05, 0.1) is 18.0 Å². The molecular formula is C24H35N3O4. The fourth-order valence-corrected chi connectivity index (χ4v) is 7.40. The highest BCUT2D eigenvalue weighted by atomic mass is 16.6. The third kappa shape index (κ3) is 3.27. The molecule has 0 amide bonds. The van der Waals surface area contributed by atoms with Crippen LogP contribution in [-0.4, -0.2) is 55.2 Å². The molecule has 31 heavy (non-hydrogen) atoms. The molecule has 0 bridgehead atoms. The number of carbonyl (C=O) groups excluding carboxylic acids is 1. The topological polar surface area (TPSA) is 92.5 Å². The van der Waals surface area contributed by atoms with Crippen LogP contribution in [0, 0.1) is 28.6 Å². The van der Waals surface area contributed by atoms with Crippen molar-refractivity contribution in [1.29, 1.82) is 0 Å². The van der Waals surface area contributed by atoms with Crippen LogP contribution in [-0.2, 0) is 14.5 Å². The molecule has 2 N–H and O–H groups in total. The largest absolute Gasteiger partial charge is 0.399 e. The fourth-order valence-electron chi connectivity index (χ4n) is 7.40. The van der Waals surface area contributed by atoms with E-state index in [1.54, 1.807) is 7.11 Å². The first-order valence-electron chi connectivity index (χ1n) is 11.9. The molecule has 1 aliphatic heterocycles. The van der Waals surface area contributed by atoms with Crippen LogP contribution in [0.3, 0.4) is 0 Å². The number of fused-ring (bicyclic) bond motifs is 5. The summed E-state index contributed by atoms with van der Waals surface area (Å²) in [6, 6.07) is 0. The highest BCUT2D eigenvalue weighted by Crippen LogP contribution is 2.63. The molecule has 4 aliphatic carbocycles. The van der Waals surface area contributed by atoms with E-state index in [9.17, 15) is 9.90 Å². The Labute approximate surface area is 184 Å². The zero-order valence-electron chi connectivity index (χ0n) is 18.7. The number of carbonyl (C=O) groups is 1. The van der Waals surface area contributed by atoms with Gasteiger partial charge in [-0.15, -0.1) is 0 Å². The lowest BCUT2D eigenvalue weighted by Crippen LogP contribution is -2.55. The number of ketones is 1. The van der Waals surface area contributed by atoms with E-state index < -0.39 is 0 Å². The van der Waals surface area contributed by atoms with Crippen molar-refractivity contribution in [2.45, 2.75) is 64.4 Å². The highest BCUT2D eigenvalue weighted by molar-refractivity contribution is 6.10. The Morgan fingerprint density at radius 1 is 1.19 bits per heavy atom. The van der Waals surface area contributed by atoms with Crippen LogP contribution < -0.4 is 5.32 Å². The standard InChI is InChI=1S/C24H35N3O4/c1-23-8-6-19-17(18(23)3-4-22(23)29)12-21(27-30-2)20-11-15(5-9-24(19,20)14-28)26-31-16-7-10-25-13-16/h11,16-19,25,28H,3-10,12-14H2,1-2H3. The van der Waals surface area contributed by atoms with Crippen molar-refractivity contribution >= 4 is 17.2 Å². The van der Waals surface area contributed by atoms with Crippen LogP contribution in [0.4, 0.5) is 0 Å². The normalized spacial score (nSPS) is 44.6. The van der Waals surface area contributed by atoms with Crippen LogP contribution in [0.2, 0.25) is 0 Å². The Kier molecular flexibility index (Phi) is 5.45. The van der Waals surface area contributed by atoms with Gasteiger partial charge in [-0.2, -0.15) is 0 Å². The maximum Gasteiger partial charge on any atom is 0.141 e. The van der Waals surface area contributed by atoms with Gasteiger partial charge in [-0.25, -0.2) is 0 Å². The van der Waals surface area contributed by atoms with E-state index in [4.69, 9.17) is 9.68 Å². The number of aliphatic hydroxyl groups is 1. The molecule has 5 rings (SSSR count). The molecule has 170 valence electrons. The number of allylic oxidation sites excluding steroid dienone is 1. The second kappa shape index (κ2) is 8.00. The van der Waals surface area contributed by atoms with Gasteiger partial charge < -0.3 is 20.1 Å². The van der Waals surface area contributed by atoms with Gasteiger partial charge in [-0.1, -0.05) is 17.2 Å². The maximum atomic E-state index is 12.7. The molecule has 7 heteroatoms. The fraction of sp³-hybridized carbons (Fsp3) is 0.792. The summed E-state index contributed by atoms with van der Waals surface area (Å²) in [7, 11) is 1.58. The molecule has 1 heterocycles. The number of Topliss-reactive ketones (excluding diaryl/α,β-unsaturated/α-hetero) is 1. The predicted molar refractivity (Wildman–Crippen MR) is 118 cm³/mol. The molecule has 6 atom stereocenters. The van der Waals surface area contributed by atoms with Crippen LogP contribution in [0.25, 0.3) is 0 Å². The van der Waals surface area contributed by atoms with E-state index >= 15 is 0 Å². The summed E-state index contributed by atoms with van der Waals surface area (Å²) in [6.07, 6.45) is 9.22. The molecule has 0 aromatic carbocycles. The third-order valence-corrected chi connectivity index (χ3v) is 9.09. The lowest BCUT2D eigenvalue weighted by Gasteiger charge is -2.57. The minimum atomic E-state index is -0.332. The second-order valence-electron chi connectivity index (χ2n) is 10.4. The average Bonchev–Trinajstić information content (AvgIpc) is 3.40. The first-order chi connectivity index (χ1) is 15.0. The molecule has 5 aliphatic rings. The number of aliphatic hydroxyl groups excluding tert-OH is 1.